The molecule has 0 bridgehead atoms. The van der Waals surface area contributed by atoms with Crippen LogP contribution in [0.2, 0.25) is 0 Å². The fourth-order valence-electron chi connectivity index (χ4n) is 3.27. The van der Waals surface area contributed by atoms with Gasteiger partial charge in [-0.05, 0) is 61.6 Å². The molecule has 3 nitrogen and oxygen atoms in total. The van der Waals surface area contributed by atoms with E-state index in [1.165, 1.54) is 51.4 Å². The zero-order valence-corrected chi connectivity index (χ0v) is 18.1. The van der Waals surface area contributed by atoms with Crippen LogP contribution in [0.15, 0.2) is 36.4 Å². The number of benzene rings is 1. The van der Waals surface area contributed by atoms with Crippen LogP contribution >= 0.6 is 0 Å². The molecular weight excluding hydrogens is 344 g/mol. The molecule has 0 aliphatic rings. The van der Waals surface area contributed by atoms with Crippen molar-refractivity contribution >= 4 is 0 Å². The molecule has 0 saturated heterocycles. The molecule has 1 atom stereocenters. The van der Waals surface area contributed by atoms with Gasteiger partial charge in [0.05, 0.1) is 18.0 Å². The Morgan fingerprint density at radius 3 is 2.29 bits per heavy atom. The number of aromatic nitrogens is 2. The van der Waals surface area contributed by atoms with E-state index >= 15 is 0 Å². The number of hydrogen-bond acceptors (Lipinski definition) is 3. The second-order valence-electron chi connectivity index (χ2n) is 7.96. The molecule has 0 spiro atoms. The number of aryl methyl sites for hydroxylation is 1. The topological polar surface area (TPSA) is 35.0 Å². The largest absolute Gasteiger partial charge is 0.494 e. The predicted octanol–water partition coefficient (Wildman–Crippen LogP) is 7.25. The van der Waals surface area contributed by atoms with E-state index in [1.54, 1.807) is 0 Å². The molecule has 1 heterocycles. The van der Waals surface area contributed by atoms with E-state index in [1.807, 2.05) is 12.1 Å². The molecule has 0 amide bonds. The molecule has 2 rings (SSSR count). The summed E-state index contributed by atoms with van der Waals surface area (Å²) >= 11 is 0. The van der Waals surface area contributed by atoms with Gasteiger partial charge in [-0.15, -0.1) is 0 Å². The van der Waals surface area contributed by atoms with Crippen LogP contribution in [0.5, 0.6) is 5.75 Å². The van der Waals surface area contributed by atoms with Gasteiger partial charge in [0.15, 0.2) is 0 Å². The van der Waals surface area contributed by atoms with Crippen LogP contribution in [0.3, 0.4) is 0 Å². The third-order valence-electron chi connectivity index (χ3n) is 5.46. The molecule has 3 heteroatoms. The first-order valence-electron chi connectivity index (χ1n) is 11.3. The fraction of sp³-hybridized carbons (Fsp3) is 0.600. The number of rotatable bonds is 14. The molecule has 2 aromatic rings. The standard InChI is InChI=1S/C25H38N2O/c1-4-6-7-10-13-23-16-19-25(27-26-23)22-14-17-24(18-15-22)28-20-11-8-9-12-21(3)5-2/h14-19,21H,4-13,20H2,1-3H3. The first-order valence-corrected chi connectivity index (χ1v) is 11.3. The van der Waals surface area contributed by atoms with Gasteiger partial charge in [-0.1, -0.05) is 65.7 Å². The average Bonchev–Trinajstić information content (AvgIpc) is 2.74. The lowest BCUT2D eigenvalue weighted by Gasteiger charge is -2.09. The highest BCUT2D eigenvalue weighted by atomic mass is 16.5. The van der Waals surface area contributed by atoms with Gasteiger partial charge < -0.3 is 4.74 Å². The number of hydrogen-bond donors (Lipinski definition) is 0. The number of ether oxygens (including phenoxy) is 1. The zero-order chi connectivity index (χ0) is 20.0. The van der Waals surface area contributed by atoms with Gasteiger partial charge in [0.25, 0.3) is 0 Å². The van der Waals surface area contributed by atoms with Gasteiger partial charge in [0, 0.05) is 5.56 Å². The summed E-state index contributed by atoms with van der Waals surface area (Å²) in [5, 5.41) is 8.79. The summed E-state index contributed by atoms with van der Waals surface area (Å²) in [6, 6.07) is 12.4. The predicted molar refractivity (Wildman–Crippen MR) is 119 cm³/mol. The van der Waals surface area contributed by atoms with Crippen molar-refractivity contribution in [2.24, 2.45) is 5.92 Å². The van der Waals surface area contributed by atoms with Crippen LogP contribution in [0.1, 0.15) is 84.3 Å². The number of unbranched alkanes of at least 4 members (excludes halogenated alkanes) is 5. The fourth-order valence-corrected chi connectivity index (χ4v) is 3.27. The Labute approximate surface area is 171 Å². The second-order valence-corrected chi connectivity index (χ2v) is 7.96. The molecule has 0 fully saturated rings. The molecule has 0 aliphatic carbocycles. The lowest BCUT2D eigenvalue weighted by Crippen LogP contribution is -1.99. The summed E-state index contributed by atoms with van der Waals surface area (Å²) in [6.45, 7) is 7.64. The lowest BCUT2D eigenvalue weighted by molar-refractivity contribution is 0.302. The van der Waals surface area contributed by atoms with Crippen LogP contribution in [-0.4, -0.2) is 16.8 Å². The minimum atomic E-state index is 0.798. The Balaban J connectivity index is 1.71. The van der Waals surface area contributed by atoms with Crippen molar-refractivity contribution in [1.29, 1.82) is 0 Å². The minimum absolute atomic E-state index is 0.798. The summed E-state index contributed by atoms with van der Waals surface area (Å²) in [5.74, 6) is 1.79. The van der Waals surface area contributed by atoms with Crippen molar-refractivity contribution in [1.82, 2.24) is 10.2 Å². The van der Waals surface area contributed by atoms with Crippen LogP contribution in [0, 0.1) is 5.92 Å². The Hall–Kier alpha value is -1.90. The Kier molecular flexibility index (Phi) is 10.6. The van der Waals surface area contributed by atoms with E-state index in [0.717, 1.165) is 48.1 Å². The van der Waals surface area contributed by atoms with Crippen molar-refractivity contribution in [3.8, 4) is 17.0 Å². The first kappa shape index (κ1) is 22.4. The molecule has 1 unspecified atom stereocenters. The summed E-state index contributed by atoms with van der Waals surface area (Å²) in [6.07, 6.45) is 12.4. The third kappa shape index (κ3) is 8.41. The smallest absolute Gasteiger partial charge is 0.119 e. The van der Waals surface area contributed by atoms with Crippen molar-refractivity contribution in [2.75, 3.05) is 6.61 Å². The number of nitrogens with zero attached hydrogens (tertiary/aromatic N) is 2. The molecule has 0 aliphatic heterocycles. The molecule has 0 radical (unpaired) electrons. The quantitative estimate of drug-likeness (QED) is 0.323. The zero-order valence-electron chi connectivity index (χ0n) is 18.1. The van der Waals surface area contributed by atoms with Gasteiger partial charge in [-0.2, -0.15) is 10.2 Å². The van der Waals surface area contributed by atoms with Gasteiger partial charge in [0.2, 0.25) is 0 Å². The van der Waals surface area contributed by atoms with E-state index in [-0.39, 0.29) is 0 Å². The third-order valence-corrected chi connectivity index (χ3v) is 5.46. The average molecular weight is 383 g/mol. The van der Waals surface area contributed by atoms with E-state index in [0.29, 0.717) is 0 Å². The first-order chi connectivity index (χ1) is 13.7. The van der Waals surface area contributed by atoms with Crippen molar-refractivity contribution in [3.05, 3.63) is 42.1 Å². The molecule has 0 saturated carbocycles. The maximum absolute atomic E-state index is 5.88. The van der Waals surface area contributed by atoms with Crippen LogP contribution < -0.4 is 4.74 Å². The van der Waals surface area contributed by atoms with Gasteiger partial charge in [0.1, 0.15) is 5.75 Å². The molecule has 154 valence electrons. The van der Waals surface area contributed by atoms with Crippen LogP contribution in [-0.2, 0) is 6.42 Å². The molecule has 0 N–H and O–H groups in total. The van der Waals surface area contributed by atoms with Crippen molar-refractivity contribution in [2.45, 2.75) is 85.0 Å². The minimum Gasteiger partial charge on any atom is -0.494 e. The van der Waals surface area contributed by atoms with Crippen molar-refractivity contribution in [3.63, 3.8) is 0 Å². The SMILES string of the molecule is CCCCCCc1ccc(-c2ccc(OCCCCCC(C)CC)cc2)nn1. The van der Waals surface area contributed by atoms with Gasteiger partial charge in [-0.3, -0.25) is 0 Å². The lowest BCUT2D eigenvalue weighted by atomic mass is 10.0. The molecule has 1 aromatic carbocycles. The highest BCUT2D eigenvalue weighted by Crippen LogP contribution is 2.21. The maximum Gasteiger partial charge on any atom is 0.119 e. The highest BCUT2D eigenvalue weighted by molar-refractivity contribution is 5.59. The summed E-state index contributed by atoms with van der Waals surface area (Å²) < 4.78 is 5.88. The summed E-state index contributed by atoms with van der Waals surface area (Å²) in [5.41, 5.74) is 3.10. The molecule has 1 aromatic heterocycles. The highest BCUT2D eigenvalue weighted by Gasteiger charge is 2.03. The molecular formula is C25H38N2O. The normalized spacial score (nSPS) is 12.1. The molecule has 28 heavy (non-hydrogen) atoms. The summed E-state index contributed by atoms with van der Waals surface area (Å²) in [7, 11) is 0. The monoisotopic (exact) mass is 382 g/mol. The van der Waals surface area contributed by atoms with E-state index < -0.39 is 0 Å². The van der Waals surface area contributed by atoms with Crippen molar-refractivity contribution < 1.29 is 4.74 Å². The van der Waals surface area contributed by atoms with Gasteiger partial charge >= 0.3 is 0 Å². The van der Waals surface area contributed by atoms with E-state index in [4.69, 9.17) is 4.74 Å². The van der Waals surface area contributed by atoms with Gasteiger partial charge in [-0.25, -0.2) is 0 Å². The Bertz CT molecular complexity index is 637. The Morgan fingerprint density at radius 1 is 0.821 bits per heavy atom. The Morgan fingerprint density at radius 2 is 1.61 bits per heavy atom. The van der Waals surface area contributed by atoms with E-state index in [9.17, 15) is 0 Å². The van der Waals surface area contributed by atoms with Crippen LogP contribution in [0.25, 0.3) is 11.3 Å². The summed E-state index contributed by atoms with van der Waals surface area (Å²) in [4.78, 5) is 0. The maximum atomic E-state index is 5.88. The second kappa shape index (κ2) is 13.3. The van der Waals surface area contributed by atoms with E-state index in [2.05, 4.69) is 55.2 Å². The van der Waals surface area contributed by atoms with Crippen LogP contribution in [0.4, 0.5) is 0 Å².